The van der Waals surface area contributed by atoms with Gasteiger partial charge in [-0.15, -0.1) is 0 Å². The molecule has 242 valence electrons. The SMILES string of the molecule is CCc1c(F)ccc2cc(O)cc(N3CCc4c(nc(OC[C@@]56CCCN5C[C@H](F)C6)nc4N4CCCC(O)(C(F)F)C4)C3)c12. The number of anilines is 2. The quantitative estimate of drug-likeness (QED) is 0.348. The van der Waals surface area contributed by atoms with E-state index < -0.39 is 23.7 Å². The first-order valence-electron chi connectivity index (χ1n) is 16.0. The number of aromatic nitrogens is 2. The molecule has 4 aliphatic heterocycles. The standard InChI is InChI=1S/C33H39F4N5O3/c1-2-23-25(35)6-5-20-13-22(43)14-27(28(20)23)40-12-7-24-26(17-40)38-31(45-19-32-8-3-11-42(32)16-21(34)15-32)39-29(24)41-10-4-9-33(44,18-41)30(36)37/h5-6,13-14,21,30,43-44H,2-4,7-12,15-19H2,1H3/t21-,32+,33?/m1/s1. The number of hydrogen-bond acceptors (Lipinski definition) is 8. The van der Waals surface area contributed by atoms with Gasteiger partial charge >= 0.3 is 6.01 Å². The van der Waals surface area contributed by atoms with Crippen molar-refractivity contribution >= 4 is 22.3 Å². The van der Waals surface area contributed by atoms with Gasteiger partial charge in [0.05, 0.1) is 24.3 Å². The summed E-state index contributed by atoms with van der Waals surface area (Å²) in [6.45, 7) is 4.25. The Morgan fingerprint density at radius 3 is 2.71 bits per heavy atom. The summed E-state index contributed by atoms with van der Waals surface area (Å²) >= 11 is 0. The molecule has 0 bridgehead atoms. The maximum atomic E-state index is 14.9. The third-order valence-corrected chi connectivity index (χ3v) is 10.3. The molecule has 3 aromatic rings. The fourth-order valence-corrected chi connectivity index (χ4v) is 8.06. The lowest BCUT2D eigenvalue weighted by Crippen LogP contribution is -2.53. The van der Waals surface area contributed by atoms with Crippen molar-refractivity contribution < 1.29 is 32.5 Å². The van der Waals surface area contributed by atoms with Gasteiger partial charge in [0, 0.05) is 48.8 Å². The Hall–Kier alpha value is -3.38. The largest absolute Gasteiger partial charge is 0.508 e. The number of aryl methyl sites for hydroxylation is 1. The van der Waals surface area contributed by atoms with Crippen molar-refractivity contribution in [3.05, 3.63) is 46.9 Å². The van der Waals surface area contributed by atoms with Crippen LogP contribution in [-0.4, -0.2) is 88.1 Å². The van der Waals surface area contributed by atoms with Gasteiger partial charge in [-0.1, -0.05) is 13.0 Å². The highest BCUT2D eigenvalue weighted by Crippen LogP contribution is 2.42. The average molecular weight is 630 g/mol. The number of phenolic OH excluding ortho intramolecular Hbond substituents is 1. The molecular weight excluding hydrogens is 590 g/mol. The summed E-state index contributed by atoms with van der Waals surface area (Å²) in [4.78, 5) is 15.4. The minimum absolute atomic E-state index is 0.00474. The van der Waals surface area contributed by atoms with Gasteiger partial charge in [-0.2, -0.15) is 9.97 Å². The van der Waals surface area contributed by atoms with Gasteiger partial charge in [-0.25, -0.2) is 17.6 Å². The number of ether oxygens (including phenoxy) is 1. The van der Waals surface area contributed by atoms with Gasteiger partial charge in [-0.05, 0) is 68.2 Å². The Labute approximate surface area is 259 Å². The molecule has 0 radical (unpaired) electrons. The van der Waals surface area contributed by atoms with Crippen molar-refractivity contribution in [2.24, 2.45) is 0 Å². The number of piperidine rings is 1. The van der Waals surface area contributed by atoms with Gasteiger partial charge < -0.3 is 24.7 Å². The Bertz CT molecular complexity index is 1610. The number of β-amino-alcohol motifs (C(OH)–C–C–N with tert-alkyl or cyclic N) is 1. The zero-order chi connectivity index (χ0) is 31.5. The van der Waals surface area contributed by atoms with E-state index in [0.29, 0.717) is 68.1 Å². The summed E-state index contributed by atoms with van der Waals surface area (Å²) in [5.74, 6) is 0.214. The van der Waals surface area contributed by atoms with Crippen LogP contribution in [0.2, 0.25) is 0 Å². The van der Waals surface area contributed by atoms with Crippen molar-refractivity contribution in [1.29, 1.82) is 0 Å². The lowest BCUT2D eigenvalue weighted by molar-refractivity contribution is -0.102. The molecule has 2 N–H and O–H groups in total. The second-order valence-electron chi connectivity index (χ2n) is 13.2. The second kappa shape index (κ2) is 11.5. The number of halogens is 4. The van der Waals surface area contributed by atoms with Crippen LogP contribution in [0.25, 0.3) is 10.8 Å². The molecule has 12 heteroatoms. The lowest BCUT2D eigenvalue weighted by atomic mass is 9.92. The van der Waals surface area contributed by atoms with Gasteiger partial charge in [-0.3, -0.25) is 4.90 Å². The predicted octanol–water partition coefficient (Wildman–Crippen LogP) is 5.15. The molecule has 7 rings (SSSR count). The fraction of sp³-hybridized carbons (Fsp3) is 0.576. The molecule has 8 nitrogen and oxygen atoms in total. The van der Waals surface area contributed by atoms with Gasteiger partial charge in [0.15, 0.2) is 0 Å². The normalized spacial score (nSPS) is 27.0. The number of rotatable bonds is 7. The molecule has 1 unspecified atom stereocenters. The third kappa shape index (κ3) is 5.33. The number of alkyl halides is 3. The maximum absolute atomic E-state index is 14.9. The molecule has 1 aromatic heterocycles. The van der Waals surface area contributed by atoms with E-state index in [9.17, 15) is 27.8 Å². The van der Waals surface area contributed by atoms with E-state index in [-0.39, 0.29) is 43.7 Å². The molecule has 0 saturated carbocycles. The molecule has 3 saturated heterocycles. The number of phenols is 1. The number of fused-ring (bicyclic) bond motifs is 3. The summed E-state index contributed by atoms with van der Waals surface area (Å²) in [5, 5.41) is 22.8. The van der Waals surface area contributed by atoms with E-state index >= 15 is 0 Å². The smallest absolute Gasteiger partial charge is 0.318 e. The van der Waals surface area contributed by atoms with E-state index in [1.807, 2.05) is 11.8 Å². The number of aliphatic hydroxyl groups is 1. The molecule has 0 spiro atoms. The van der Waals surface area contributed by atoms with Crippen molar-refractivity contribution in [3.63, 3.8) is 0 Å². The summed E-state index contributed by atoms with van der Waals surface area (Å²) < 4.78 is 63.5. The van der Waals surface area contributed by atoms with Crippen molar-refractivity contribution in [2.45, 2.75) is 82.2 Å². The van der Waals surface area contributed by atoms with E-state index in [4.69, 9.17) is 14.7 Å². The van der Waals surface area contributed by atoms with E-state index in [2.05, 4.69) is 4.90 Å². The van der Waals surface area contributed by atoms with Crippen molar-refractivity contribution in [1.82, 2.24) is 14.9 Å². The third-order valence-electron chi connectivity index (χ3n) is 10.3. The Kier molecular flexibility index (Phi) is 7.71. The van der Waals surface area contributed by atoms with Crippen LogP contribution in [0.4, 0.5) is 29.1 Å². The number of hydrogen-bond donors (Lipinski definition) is 2. The first-order chi connectivity index (χ1) is 21.6. The Balaban J connectivity index is 1.27. The van der Waals surface area contributed by atoms with Crippen molar-refractivity contribution in [3.8, 4) is 11.8 Å². The highest BCUT2D eigenvalue weighted by Gasteiger charge is 2.49. The van der Waals surface area contributed by atoms with Crippen LogP contribution in [0, 0.1) is 5.82 Å². The van der Waals surface area contributed by atoms with E-state index in [1.54, 1.807) is 23.1 Å². The number of aromatic hydroxyl groups is 1. The summed E-state index contributed by atoms with van der Waals surface area (Å²) in [6.07, 6.45) is -0.370. The first kappa shape index (κ1) is 30.3. The zero-order valence-corrected chi connectivity index (χ0v) is 25.4. The summed E-state index contributed by atoms with van der Waals surface area (Å²) in [5.41, 5.74) is 0.0844. The predicted molar refractivity (Wildman–Crippen MR) is 163 cm³/mol. The molecule has 2 aromatic carbocycles. The molecule has 4 aliphatic rings. The molecule has 0 amide bonds. The second-order valence-corrected chi connectivity index (χ2v) is 13.2. The number of nitrogens with zero attached hydrogens (tertiary/aromatic N) is 5. The van der Waals surface area contributed by atoms with Gasteiger partial charge in [0.25, 0.3) is 6.43 Å². The molecule has 3 atom stereocenters. The van der Waals surface area contributed by atoms with Crippen LogP contribution in [0.3, 0.4) is 0 Å². The van der Waals surface area contributed by atoms with Crippen LogP contribution in [-0.2, 0) is 19.4 Å². The Morgan fingerprint density at radius 2 is 1.91 bits per heavy atom. The van der Waals surface area contributed by atoms with Crippen LogP contribution < -0.4 is 14.5 Å². The molecular formula is C33H39F4N5O3. The molecule has 45 heavy (non-hydrogen) atoms. The van der Waals surface area contributed by atoms with Crippen molar-refractivity contribution in [2.75, 3.05) is 49.1 Å². The van der Waals surface area contributed by atoms with Crippen LogP contribution in [0.1, 0.15) is 55.8 Å². The minimum Gasteiger partial charge on any atom is -0.508 e. The van der Waals surface area contributed by atoms with Crippen LogP contribution >= 0.6 is 0 Å². The van der Waals surface area contributed by atoms with E-state index in [1.165, 1.54) is 6.07 Å². The average Bonchev–Trinajstić information content (AvgIpc) is 3.54. The molecule has 0 aliphatic carbocycles. The minimum atomic E-state index is -2.90. The highest BCUT2D eigenvalue weighted by atomic mass is 19.3. The maximum Gasteiger partial charge on any atom is 0.318 e. The topological polar surface area (TPSA) is 85.2 Å². The highest BCUT2D eigenvalue weighted by molar-refractivity contribution is 5.98. The fourth-order valence-electron chi connectivity index (χ4n) is 8.06. The van der Waals surface area contributed by atoms with Crippen LogP contribution in [0.15, 0.2) is 24.3 Å². The summed E-state index contributed by atoms with van der Waals surface area (Å²) in [6, 6.07) is 6.42. The zero-order valence-electron chi connectivity index (χ0n) is 25.4. The summed E-state index contributed by atoms with van der Waals surface area (Å²) in [7, 11) is 0. The Morgan fingerprint density at radius 1 is 1.09 bits per heavy atom. The lowest BCUT2D eigenvalue weighted by Gasteiger charge is -2.41. The first-order valence-corrected chi connectivity index (χ1v) is 16.0. The number of benzene rings is 2. The van der Waals surface area contributed by atoms with Gasteiger partial charge in [0.2, 0.25) is 0 Å². The van der Waals surface area contributed by atoms with Crippen LogP contribution in [0.5, 0.6) is 11.8 Å². The van der Waals surface area contributed by atoms with E-state index in [0.717, 1.165) is 35.7 Å². The van der Waals surface area contributed by atoms with Gasteiger partial charge in [0.1, 0.15) is 35.8 Å². The molecule has 5 heterocycles. The molecule has 3 fully saturated rings. The monoisotopic (exact) mass is 629 g/mol.